The first-order chi connectivity index (χ1) is 5.22. The largest absolute Gasteiger partial charge is 0.0610 e. The molecule has 0 aromatic carbocycles. The van der Waals surface area contributed by atoms with Gasteiger partial charge in [-0.05, 0) is 48.6 Å². The molecule has 0 aromatic rings. The van der Waals surface area contributed by atoms with Crippen LogP contribution in [0.1, 0.15) is 20.8 Å². The number of hydrogen-bond acceptors (Lipinski definition) is 0. The van der Waals surface area contributed by atoms with Gasteiger partial charge >= 0.3 is 0 Å². The predicted molar refractivity (Wildman–Crippen MR) is 48.3 cm³/mol. The SMILES string of the molecule is CC1=C(C)C(C)=C2C=CC=C12. The monoisotopic (exact) mass is 144 g/mol. The van der Waals surface area contributed by atoms with Gasteiger partial charge in [0, 0.05) is 0 Å². The molecule has 11 heavy (non-hydrogen) atoms. The van der Waals surface area contributed by atoms with Gasteiger partial charge < -0.3 is 0 Å². The topological polar surface area (TPSA) is 0 Å². The molecule has 0 heterocycles. The summed E-state index contributed by atoms with van der Waals surface area (Å²) in [5, 5.41) is 0. The second-order valence-electron chi connectivity index (χ2n) is 3.23. The van der Waals surface area contributed by atoms with E-state index in [1.165, 1.54) is 27.9 Å². The maximum atomic E-state index is 2.20. The van der Waals surface area contributed by atoms with Crippen LogP contribution in [0.25, 0.3) is 0 Å². The molecule has 0 heteroatoms. The van der Waals surface area contributed by atoms with Gasteiger partial charge in [0.1, 0.15) is 0 Å². The number of fused-ring (bicyclic) bond motifs is 1. The molecule has 0 aromatic heterocycles. The third-order valence-corrected chi connectivity index (χ3v) is 2.75. The Morgan fingerprint density at radius 3 is 2.27 bits per heavy atom. The van der Waals surface area contributed by atoms with Crippen molar-refractivity contribution in [2.24, 2.45) is 0 Å². The van der Waals surface area contributed by atoms with E-state index in [1.54, 1.807) is 0 Å². The van der Waals surface area contributed by atoms with Crippen LogP contribution in [0.4, 0.5) is 0 Å². The minimum atomic E-state index is 1.43. The highest BCUT2D eigenvalue weighted by molar-refractivity contribution is 5.69. The zero-order valence-corrected chi connectivity index (χ0v) is 7.23. The minimum absolute atomic E-state index is 1.43. The van der Waals surface area contributed by atoms with Gasteiger partial charge in [-0.2, -0.15) is 0 Å². The molecule has 0 saturated carbocycles. The van der Waals surface area contributed by atoms with Gasteiger partial charge in [0.15, 0.2) is 0 Å². The highest BCUT2D eigenvalue weighted by Crippen LogP contribution is 2.39. The third kappa shape index (κ3) is 0.697. The summed E-state index contributed by atoms with van der Waals surface area (Å²) in [6, 6.07) is 0. The van der Waals surface area contributed by atoms with Gasteiger partial charge in [0.05, 0.1) is 0 Å². The molecule has 0 atom stereocenters. The first kappa shape index (κ1) is 6.66. The fourth-order valence-electron chi connectivity index (χ4n) is 1.76. The Bertz CT molecular complexity index is 333. The van der Waals surface area contributed by atoms with Gasteiger partial charge in [-0.15, -0.1) is 0 Å². The van der Waals surface area contributed by atoms with Crippen LogP contribution in [0.3, 0.4) is 0 Å². The summed E-state index contributed by atoms with van der Waals surface area (Å²) in [6.07, 6.45) is 6.53. The van der Waals surface area contributed by atoms with E-state index in [1.807, 2.05) is 0 Å². The van der Waals surface area contributed by atoms with Crippen LogP contribution in [-0.2, 0) is 0 Å². The number of rotatable bonds is 0. The van der Waals surface area contributed by atoms with Crippen LogP contribution < -0.4 is 0 Å². The van der Waals surface area contributed by atoms with Crippen molar-refractivity contribution in [1.29, 1.82) is 0 Å². The first-order valence-electron chi connectivity index (χ1n) is 3.99. The van der Waals surface area contributed by atoms with E-state index in [-0.39, 0.29) is 0 Å². The molecule has 2 aliphatic rings. The van der Waals surface area contributed by atoms with E-state index >= 15 is 0 Å². The van der Waals surface area contributed by atoms with Crippen molar-refractivity contribution >= 4 is 0 Å². The lowest BCUT2D eigenvalue weighted by molar-refractivity contribution is 1.32. The summed E-state index contributed by atoms with van der Waals surface area (Å²) < 4.78 is 0. The molecule has 0 saturated heterocycles. The molecule has 2 aliphatic carbocycles. The Kier molecular flexibility index (Phi) is 1.19. The number of allylic oxidation sites excluding steroid dienone is 8. The maximum Gasteiger partial charge on any atom is -0.0149 e. The van der Waals surface area contributed by atoms with Gasteiger partial charge in [-0.25, -0.2) is 0 Å². The molecule has 56 valence electrons. The Hall–Kier alpha value is -1.04. The summed E-state index contributed by atoms with van der Waals surface area (Å²) in [5.41, 5.74) is 7.21. The zero-order valence-electron chi connectivity index (χ0n) is 7.23. The highest BCUT2D eigenvalue weighted by Gasteiger charge is 2.20. The van der Waals surface area contributed by atoms with E-state index in [9.17, 15) is 0 Å². The van der Waals surface area contributed by atoms with Gasteiger partial charge in [-0.1, -0.05) is 18.2 Å². The van der Waals surface area contributed by atoms with Crippen molar-refractivity contribution < 1.29 is 0 Å². The summed E-state index contributed by atoms with van der Waals surface area (Å²) in [4.78, 5) is 0. The molecule has 0 radical (unpaired) electrons. The van der Waals surface area contributed by atoms with E-state index in [2.05, 4.69) is 39.0 Å². The summed E-state index contributed by atoms with van der Waals surface area (Å²) in [7, 11) is 0. The highest BCUT2D eigenvalue weighted by atomic mass is 14.2. The lowest BCUT2D eigenvalue weighted by Gasteiger charge is -1.96. The van der Waals surface area contributed by atoms with Gasteiger partial charge in [-0.3, -0.25) is 0 Å². The van der Waals surface area contributed by atoms with Crippen LogP contribution in [0, 0.1) is 0 Å². The Morgan fingerprint density at radius 2 is 1.64 bits per heavy atom. The minimum Gasteiger partial charge on any atom is -0.0610 e. The van der Waals surface area contributed by atoms with Crippen molar-refractivity contribution in [2.45, 2.75) is 20.8 Å². The van der Waals surface area contributed by atoms with Crippen LogP contribution >= 0.6 is 0 Å². The van der Waals surface area contributed by atoms with Gasteiger partial charge in [0.25, 0.3) is 0 Å². The first-order valence-corrected chi connectivity index (χ1v) is 3.99. The Balaban J connectivity index is 2.65. The predicted octanol–water partition coefficient (Wildman–Crippen LogP) is 3.15. The average molecular weight is 144 g/mol. The normalized spacial score (nSPS) is 21.5. The fraction of sp³-hybridized carbons (Fsp3) is 0.273. The molecular formula is C11H12. The molecule has 0 spiro atoms. The third-order valence-electron chi connectivity index (χ3n) is 2.75. The molecule has 0 bridgehead atoms. The van der Waals surface area contributed by atoms with E-state index < -0.39 is 0 Å². The lowest BCUT2D eigenvalue weighted by Crippen LogP contribution is -1.77. The fourth-order valence-corrected chi connectivity index (χ4v) is 1.76. The average Bonchev–Trinajstić information content (AvgIpc) is 2.53. The lowest BCUT2D eigenvalue weighted by atomic mass is 10.1. The molecule has 0 fully saturated rings. The van der Waals surface area contributed by atoms with Crippen LogP contribution in [0.15, 0.2) is 46.1 Å². The van der Waals surface area contributed by atoms with Crippen LogP contribution in [0.2, 0.25) is 0 Å². The summed E-state index contributed by atoms with van der Waals surface area (Å²) in [5.74, 6) is 0. The van der Waals surface area contributed by atoms with Crippen molar-refractivity contribution in [1.82, 2.24) is 0 Å². The molecule has 0 aliphatic heterocycles. The van der Waals surface area contributed by atoms with Crippen molar-refractivity contribution in [2.75, 3.05) is 0 Å². The Labute approximate surface area is 67.6 Å². The van der Waals surface area contributed by atoms with Crippen molar-refractivity contribution in [3.63, 3.8) is 0 Å². The second-order valence-corrected chi connectivity index (χ2v) is 3.23. The van der Waals surface area contributed by atoms with Crippen LogP contribution in [0.5, 0.6) is 0 Å². The molecule has 0 N–H and O–H groups in total. The molecule has 0 unspecified atom stereocenters. The molecule has 0 nitrogen and oxygen atoms in total. The van der Waals surface area contributed by atoms with Crippen molar-refractivity contribution in [3.05, 3.63) is 46.1 Å². The van der Waals surface area contributed by atoms with E-state index in [0.29, 0.717) is 0 Å². The summed E-state index contributed by atoms with van der Waals surface area (Å²) in [6.45, 7) is 6.60. The van der Waals surface area contributed by atoms with Gasteiger partial charge in [0.2, 0.25) is 0 Å². The van der Waals surface area contributed by atoms with E-state index in [4.69, 9.17) is 0 Å². The van der Waals surface area contributed by atoms with E-state index in [0.717, 1.165) is 0 Å². The van der Waals surface area contributed by atoms with Crippen molar-refractivity contribution in [3.8, 4) is 0 Å². The smallest absolute Gasteiger partial charge is 0.0149 e. The molecule has 2 rings (SSSR count). The standard InChI is InChI=1S/C11H12/c1-7-8(2)10-5-4-6-11(10)9(7)3/h4-6H,1-3H3. The quantitative estimate of drug-likeness (QED) is 0.490. The maximum absolute atomic E-state index is 2.20. The Morgan fingerprint density at radius 1 is 0.909 bits per heavy atom. The van der Waals surface area contributed by atoms with Crippen LogP contribution in [-0.4, -0.2) is 0 Å². The molecular weight excluding hydrogens is 132 g/mol. The summed E-state index contributed by atoms with van der Waals surface area (Å²) >= 11 is 0. The number of hydrogen-bond donors (Lipinski definition) is 0. The molecule has 0 amide bonds. The zero-order chi connectivity index (χ0) is 8.01. The second kappa shape index (κ2) is 1.97.